The summed E-state index contributed by atoms with van der Waals surface area (Å²) in [5, 5.41) is 0. The van der Waals surface area contributed by atoms with Gasteiger partial charge in [-0.1, -0.05) is 36.4 Å². The third-order valence-electron chi connectivity index (χ3n) is 0.667. The van der Waals surface area contributed by atoms with E-state index in [1.807, 2.05) is 36.4 Å². The molecule has 1 aromatic rings. The third-order valence-corrected chi connectivity index (χ3v) is 0.667. The van der Waals surface area contributed by atoms with Crippen molar-refractivity contribution in [2.45, 2.75) is 0 Å². The Labute approximate surface area is 70.9 Å². The van der Waals surface area contributed by atoms with Crippen LogP contribution in [0.1, 0.15) is 0 Å². The van der Waals surface area contributed by atoms with Crippen molar-refractivity contribution in [1.82, 2.24) is 0 Å². The van der Waals surface area contributed by atoms with Gasteiger partial charge in [0.05, 0.1) is 0 Å². The van der Waals surface area contributed by atoms with Gasteiger partial charge in [0, 0.05) is 0 Å². The molecule has 0 fully saturated rings. The first-order valence-electron chi connectivity index (χ1n) is 2.27. The fourth-order valence-corrected chi connectivity index (χ4v) is 0.385. The molecule has 0 nitrogen and oxygen atoms in total. The number of benzene rings is 1. The summed E-state index contributed by atoms with van der Waals surface area (Å²) >= 11 is -0.346. The van der Waals surface area contributed by atoms with Gasteiger partial charge in [0.2, 0.25) is 0 Å². The Bertz CT molecular complexity index is 93.9. The second kappa shape index (κ2) is 8.42. The monoisotopic (exact) mass is 250 g/mol. The quantitative estimate of drug-likeness (QED) is 0.621. The van der Waals surface area contributed by atoms with E-state index in [2.05, 4.69) is 0 Å². The zero-order valence-electron chi connectivity index (χ0n) is 4.57. The van der Waals surface area contributed by atoms with Crippen LogP contribution < -0.4 is 0 Å². The van der Waals surface area contributed by atoms with Gasteiger partial charge >= 0.3 is 34.5 Å². The SMILES string of the molecule is [Cl][Ru][Cl].c1ccccc1. The van der Waals surface area contributed by atoms with Gasteiger partial charge < -0.3 is 0 Å². The molecule has 0 bridgehead atoms. The van der Waals surface area contributed by atoms with E-state index in [1.165, 1.54) is 0 Å². The van der Waals surface area contributed by atoms with Gasteiger partial charge in [-0.2, -0.15) is 0 Å². The van der Waals surface area contributed by atoms with Crippen molar-refractivity contribution >= 4 is 19.4 Å². The molecule has 0 N–H and O–H groups in total. The number of hydrogen-bond acceptors (Lipinski definition) is 0. The topological polar surface area (TPSA) is 0 Å². The van der Waals surface area contributed by atoms with Crippen LogP contribution in [0.3, 0.4) is 0 Å². The minimum atomic E-state index is -0.346. The molecule has 0 saturated carbocycles. The molecular formula is C6H6Cl2Ru. The largest absolute Gasteiger partial charge is 0.0623 e. The summed E-state index contributed by atoms with van der Waals surface area (Å²) in [6, 6.07) is 12.0. The van der Waals surface area contributed by atoms with E-state index in [9.17, 15) is 0 Å². The molecule has 0 spiro atoms. The third kappa shape index (κ3) is 8.42. The van der Waals surface area contributed by atoms with Crippen LogP contribution in [0.4, 0.5) is 0 Å². The number of halogens is 2. The molecule has 1 rings (SSSR count). The average molecular weight is 250 g/mol. The number of rotatable bonds is 0. The predicted molar refractivity (Wildman–Crippen MR) is 38.1 cm³/mol. The van der Waals surface area contributed by atoms with Crippen LogP contribution in [-0.4, -0.2) is 0 Å². The van der Waals surface area contributed by atoms with E-state index in [4.69, 9.17) is 19.4 Å². The Hall–Kier alpha value is 0.423. The maximum absolute atomic E-state index is 4.85. The van der Waals surface area contributed by atoms with Crippen LogP contribution in [0.5, 0.6) is 0 Å². The van der Waals surface area contributed by atoms with Crippen LogP contribution in [-0.2, 0) is 15.1 Å². The van der Waals surface area contributed by atoms with Crippen molar-refractivity contribution in [3.63, 3.8) is 0 Å². The van der Waals surface area contributed by atoms with Crippen LogP contribution >= 0.6 is 19.4 Å². The molecule has 0 atom stereocenters. The van der Waals surface area contributed by atoms with E-state index >= 15 is 0 Å². The van der Waals surface area contributed by atoms with Crippen molar-refractivity contribution in [3.8, 4) is 0 Å². The fourth-order valence-electron chi connectivity index (χ4n) is 0.385. The Morgan fingerprint density at radius 3 is 0.889 bits per heavy atom. The van der Waals surface area contributed by atoms with Crippen molar-refractivity contribution in [3.05, 3.63) is 36.4 Å². The molecule has 0 saturated heterocycles. The smallest absolute Gasteiger partial charge is 0.0623 e. The molecule has 0 aliphatic carbocycles. The van der Waals surface area contributed by atoms with Gasteiger partial charge in [-0.05, 0) is 0 Å². The molecule has 0 heterocycles. The zero-order chi connectivity index (χ0) is 6.95. The van der Waals surface area contributed by atoms with Gasteiger partial charge in [-0.25, -0.2) is 0 Å². The van der Waals surface area contributed by atoms with E-state index in [1.54, 1.807) is 0 Å². The van der Waals surface area contributed by atoms with E-state index in [-0.39, 0.29) is 15.1 Å². The van der Waals surface area contributed by atoms with Gasteiger partial charge in [0.15, 0.2) is 0 Å². The summed E-state index contributed by atoms with van der Waals surface area (Å²) < 4.78 is 0. The first kappa shape index (κ1) is 9.42. The fraction of sp³-hybridized carbons (Fsp3) is 0. The molecule has 3 heteroatoms. The zero-order valence-corrected chi connectivity index (χ0v) is 7.82. The first-order valence-corrected chi connectivity index (χ1v) is 6.74. The van der Waals surface area contributed by atoms with Gasteiger partial charge in [0.1, 0.15) is 0 Å². The molecule has 0 unspecified atom stereocenters. The molecule has 0 amide bonds. The number of hydrogen-bond donors (Lipinski definition) is 0. The van der Waals surface area contributed by atoms with Crippen LogP contribution in [0.15, 0.2) is 36.4 Å². The van der Waals surface area contributed by atoms with E-state index in [0.29, 0.717) is 0 Å². The minimum absolute atomic E-state index is 0.346. The second-order valence-corrected chi connectivity index (χ2v) is 3.84. The summed E-state index contributed by atoms with van der Waals surface area (Å²) in [5.41, 5.74) is 0. The summed E-state index contributed by atoms with van der Waals surface area (Å²) in [4.78, 5) is 0. The van der Waals surface area contributed by atoms with E-state index in [0.717, 1.165) is 0 Å². The van der Waals surface area contributed by atoms with E-state index < -0.39 is 0 Å². The summed E-state index contributed by atoms with van der Waals surface area (Å²) in [5.74, 6) is 0. The Kier molecular flexibility index (Phi) is 8.82. The van der Waals surface area contributed by atoms with Gasteiger partial charge in [-0.15, -0.1) is 0 Å². The van der Waals surface area contributed by atoms with Crippen molar-refractivity contribution in [1.29, 1.82) is 0 Å². The van der Waals surface area contributed by atoms with Crippen LogP contribution in [0, 0.1) is 0 Å². The normalized spacial score (nSPS) is 7.78. The molecule has 52 valence electrons. The predicted octanol–water partition coefficient (Wildman–Crippen LogP) is 3.06. The average Bonchev–Trinajstić information content (AvgIpc) is 1.93. The minimum Gasteiger partial charge on any atom is -0.0623 e. The van der Waals surface area contributed by atoms with Crippen LogP contribution in [0.25, 0.3) is 0 Å². The maximum Gasteiger partial charge on any atom is -0.0623 e. The molecule has 0 radical (unpaired) electrons. The molecule has 1 aromatic carbocycles. The second-order valence-electron chi connectivity index (χ2n) is 1.21. The summed E-state index contributed by atoms with van der Waals surface area (Å²) in [6.07, 6.45) is 0. The van der Waals surface area contributed by atoms with Crippen molar-refractivity contribution < 1.29 is 15.1 Å². The molecule has 0 aliphatic rings. The standard InChI is InChI=1S/C6H6.2ClH.Ru/c1-2-4-6-5-3-1;;;/h1-6H;2*1H;/q;;;+2/p-2. The van der Waals surface area contributed by atoms with Crippen molar-refractivity contribution in [2.75, 3.05) is 0 Å². The molecule has 9 heavy (non-hydrogen) atoms. The van der Waals surface area contributed by atoms with Crippen molar-refractivity contribution in [2.24, 2.45) is 0 Å². The molecular weight excluding hydrogens is 244 g/mol. The summed E-state index contributed by atoms with van der Waals surface area (Å²) in [6.45, 7) is 0. The van der Waals surface area contributed by atoms with Crippen LogP contribution in [0.2, 0.25) is 0 Å². The maximum atomic E-state index is 4.85. The first-order chi connectivity index (χ1) is 4.41. The Morgan fingerprint density at radius 1 is 0.667 bits per heavy atom. The molecule has 0 aliphatic heterocycles. The van der Waals surface area contributed by atoms with Gasteiger partial charge in [-0.3, -0.25) is 0 Å². The van der Waals surface area contributed by atoms with Gasteiger partial charge in [0.25, 0.3) is 0 Å². The Morgan fingerprint density at radius 2 is 0.778 bits per heavy atom. The summed E-state index contributed by atoms with van der Waals surface area (Å²) in [7, 11) is 9.71. The Balaban J connectivity index is 0.000000187. The molecule has 0 aromatic heterocycles.